The third kappa shape index (κ3) is 6.70. The van der Waals surface area contributed by atoms with E-state index in [4.69, 9.17) is 0 Å². The quantitative estimate of drug-likeness (QED) is 0.760. The molecule has 1 amide bonds. The summed E-state index contributed by atoms with van der Waals surface area (Å²) in [7, 11) is 3.21. The molecule has 1 aromatic heterocycles. The lowest BCUT2D eigenvalue weighted by Crippen LogP contribution is -2.35. The number of nitrogens with zero attached hydrogens (tertiary/aromatic N) is 1. The van der Waals surface area contributed by atoms with Gasteiger partial charge in [-0.3, -0.25) is 14.5 Å². The molecule has 0 saturated heterocycles. The fraction of sp³-hybridized carbons (Fsp3) is 0.500. The lowest BCUT2D eigenvalue weighted by Gasteiger charge is -2.15. The highest BCUT2D eigenvalue weighted by atomic mass is 79.9. The van der Waals surface area contributed by atoms with Gasteiger partial charge in [-0.25, -0.2) is 0 Å². The molecule has 0 atom stereocenters. The number of hydrogen-bond acceptors (Lipinski definition) is 5. The maximum Gasteiger partial charge on any atom is 0.307 e. The molecule has 1 heterocycles. The molecule has 0 fully saturated rings. The molecule has 5 nitrogen and oxygen atoms in total. The summed E-state index contributed by atoms with van der Waals surface area (Å²) in [5.74, 6) is -0.417. The van der Waals surface area contributed by atoms with Crippen molar-refractivity contribution in [1.82, 2.24) is 10.2 Å². The molecule has 0 aliphatic rings. The number of rotatable bonds is 7. The number of methoxy groups -OCH3 is 1. The summed E-state index contributed by atoms with van der Waals surface area (Å²) in [5, 5.41) is 2.68. The standard InChI is InChI=1S/C12H17BrN2O3S/c1-15(7-9-3-4-10(13)19-9)8-11(16)14-6-5-12(17)18-2/h3-4H,5-8H2,1-2H3,(H,14,16). The van der Waals surface area contributed by atoms with Crippen LogP contribution in [0.25, 0.3) is 0 Å². The van der Waals surface area contributed by atoms with E-state index in [0.717, 1.165) is 10.3 Å². The highest BCUT2D eigenvalue weighted by molar-refractivity contribution is 9.11. The van der Waals surface area contributed by atoms with Crippen molar-refractivity contribution in [2.24, 2.45) is 0 Å². The van der Waals surface area contributed by atoms with Crippen molar-refractivity contribution in [1.29, 1.82) is 0 Å². The van der Waals surface area contributed by atoms with Gasteiger partial charge in [0.05, 0.1) is 23.9 Å². The third-order valence-electron chi connectivity index (χ3n) is 2.35. The summed E-state index contributed by atoms with van der Waals surface area (Å²) in [6.07, 6.45) is 0.198. The van der Waals surface area contributed by atoms with Gasteiger partial charge in [0.1, 0.15) is 0 Å². The number of amides is 1. The number of hydrogen-bond donors (Lipinski definition) is 1. The Labute approximate surface area is 125 Å². The molecule has 0 aliphatic carbocycles. The Morgan fingerprint density at radius 1 is 1.47 bits per heavy atom. The van der Waals surface area contributed by atoms with Crippen molar-refractivity contribution >= 4 is 39.1 Å². The largest absolute Gasteiger partial charge is 0.469 e. The van der Waals surface area contributed by atoms with E-state index in [1.54, 1.807) is 11.3 Å². The Morgan fingerprint density at radius 3 is 2.79 bits per heavy atom. The third-order valence-corrected chi connectivity index (χ3v) is 3.96. The van der Waals surface area contributed by atoms with Crippen LogP contribution in [0.2, 0.25) is 0 Å². The van der Waals surface area contributed by atoms with E-state index >= 15 is 0 Å². The van der Waals surface area contributed by atoms with E-state index in [1.165, 1.54) is 12.0 Å². The Hall–Kier alpha value is -0.920. The molecule has 0 bridgehead atoms. The average Bonchev–Trinajstić information content (AvgIpc) is 2.74. The van der Waals surface area contributed by atoms with Crippen LogP contribution in [0.1, 0.15) is 11.3 Å². The molecule has 0 unspecified atom stereocenters. The van der Waals surface area contributed by atoms with Gasteiger partial charge in [-0.15, -0.1) is 11.3 Å². The average molecular weight is 349 g/mol. The lowest BCUT2D eigenvalue weighted by molar-refractivity contribution is -0.140. The summed E-state index contributed by atoms with van der Waals surface area (Å²) in [6.45, 7) is 1.33. The summed E-state index contributed by atoms with van der Waals surface area (Å²) >= 11 is 5.05. The zero-order valence-electron chi connectivity index (χ0n) is 10.9. The number of esters is 1. The predicted molar refractivity (Wildman–Crippen MR) is 78.0 cm³/mol. The van der Waals surface area contributed by atoms with Gasteiger partial charge in [0, 0.05) is 18.0 Å². The fourth-order valence-corrected chi connectivity index (χ4v) is 3.03. The number of thiophene rings is 1. The topological polar surface area (TPSA) is 58.6 Å². The van der Waals surface area contributed by atoms with E-state index in [2.05, 4.69) is 26.0 Å². The predicted octanol–water partition coefficient (Wildman–Crippen LogP) is 1.62. The van der Waals surface area contributed by atoms with Crippen molar-refractivity contribution < 1.29 is 14.3 Å². The fourth-order valence-electron chi connectivity index (χ4n) is 1.47. The lowest BCUT2D eigenvalue weighted by atomic mass is 10.4. The van der Waals surface area contributed by atoms with Crippen molar-refractivity contribution in [2.75, 3.05) is 27.2 Å². The number of nitrogens with one attached hydrogen (secondary N) is 1. The second kappa shape index (κ2) is 8.29. The second-order valence-corrected chi connectivity index (χ2v) is 6.60. The van der Waals surface area contributed by atoms with Crippen LogP contribution < -0.4 is 5.32 Å². The molecule has 0 aliphatic heterocycles. The van der Waals surface area contributed by atoms with E-state index in [1.807, 2.05) is 24.1 Å². The normalized spacial score (nSPS) is 10.5. The van der Waals surface area contributed by atoms with Crippen LogP contribution in [-0.2, 0) is 20.9 Å². The molecule has 0 radical (unpaired) electrons. The van der Waals surface area contributed by atoms with E-state index in [0.29, 0.717) is 13.1 Å². The first kappa shape index (κ1) is 16.1. The molecular weight excluding hydrogens is 332 g/mol. The zero-order valence-corrected chi connectivity index (χ0v) is 13.3. The molecular formula is C12H17BrN2O3S. The van der Waals surface area contributed by atoms with Gasteiger partial charge in [-0.1, -0.05) is 0 Å². The van der Waals surface area contributed by atoms with Crippen LogP contribution in [-0.4, -0.2) is 44.0 Å². The Kier molecular flexibility index (Phi) is 7.04. The minimum absolute atomic E-state index is 0.0953. The number of ether oxygens (including phenoxy) is 1. The number of carbonyl (C=O) groups excluding carboxylic acids is 2. The van der Waals surface area contributed by atoms with Crippen LogP contribution in [0.15, 0.2) is 15.9 Å². The van der Waals surface area contributed by atoms with Crippen LogP contribution in [0.3, 0.4) is 0 Å². The van der Waals surface area contributed by atoms with E-state index < -0.39 is 0 Å². The number of carbonyl (C=O) groups is 2. The first-order valence-corrected chi connectivity index (χ1v) is 7.38. The number of likely N-dealkylation sites (N-methyl/N-ethyl adjacent to an activating group) is 1. The van der Waals surface area contributed by atoms with Gasteiger partial charge in [0.2, 0.25) is 5.91 Å². The van der Waals surface area contributed by atoms with Crippen LogP contribution in [0, 0.1) is 0 Å². The summed E-state index contributed by atoms with van der Waals surface area (Å²) < 4.78 is 5.57. The van der Waals surface area contributed by atoms with Gasteiger partial charge in [-0.2, -0.15) is 0 Å². The first-order chi connectivity index (χ1) is 9.01. The van der Waals surface area contributed by atoms with Gasteiger partial charge in [0.15, 0.2) is 0 Å². The van der Waals surface area contributed by atoms with Crippen molar-refractivity contribution in [3.05, 3.63) is 20.8 Å². The van der Waals surface area contributed by atoms with Gasteiger partial charge >= 0.3 is 5.97 Å². The van der Waals surface area contributed by atoms with Crippen LogP contribution >= 0.6 is 27.3 Å². The molecule has 19 heavy (non-hydrogen) atoms. The molecule has 0 aromatic carbocycles. The van der Waals surface area contributed by atoms with Crippen molar-refractivity contribution in [2.45, 2.75) is 13.0 Å². The maximum absolute atomic E-state index is 11.6. The first-order valence-electron chi connectivity index (χ1n) is 5.77. The second-order valence-electron chi connectivity index (χ2n) is 4.05. The monoisotopic (exact) mass is 348 g/mol. The minimum atomic E-state index is -0.322. The Balaban J connectivity index is 2.22. The van der Waals surface area contributed by atoms with Crippen LogP contribution in [0.5, 0.6) is 0 Å². The van der Waals surface area contributed by atoms with Crippen molar-refractivity contribution in [3.8, 4) is 0 Å². The molecule has 0 spiro atoms. The smallest absolute Gasteiger partial charge is 0.307 e. The highest BCUT2D eigenvalue weighted by Crippen LogP contribution is 2.22. The minimum Gasteiger partial charge on any atom is -0.469 e. The Bertz CT molecular complexity index is 436. The molecule has 7 heteroatoms. The zero-order chi connectivity index (χ0) is 14.3. The Morgan fingerprint density at radius 2 is 2.21 bits per heavy atom. The molecule has 0 saturated carbocycles. The molecule has 1 rings (SSSR count). The van der Waals surface area contributed by atoms with E-state index in [9.17, 15) is 9.59 Å². The number of halogens is 1. The molecule has 1 aromatic rings. The van der Waals surface area contributed by atoms with Crippen molar-refractivity contribution in [3.63, 3.8) is 0 Å². The maximum atomic E-state index is 11.6. The van der Waals surface area contributed by atoms with Crippen LogP contribution in [0.4, 0.5) is 0 Å². The van der Waals surface area contributed by atoms with E-state index in [-0.39, 0.29) is 18.3 Å². The van der Waals surface area contributed by atoms with Gasteiger partial charge < -0.3 is 10.1 Å². The summed E-state index contributed by atoms with van der Waals surface area (Å²) in [6, 6.07) is 4.02. The molecule has 106 valence electrons. The SMILES string of the molecule is COC(=O)CCNC(=O)CN(C)Cc1ccc(Br)s1. The van der Waals surface area contributed by atoms with Gasteiger partial charge in [-0.05, 0) is 35.1 Å². The summed E-state index contributed by atoms with van der Waals surface area (Å²) in [5.41, 5.74) is 0. The summed E-state index contributed by atoms with van der Waals surface area (Å²) in [4.78, 5) is 25.6. The molecule has 1 N–H and O–H groups in total. The van der Waals surface area contributed by atoms with Gasteiger partial charge in [0.25, 0.3) is 0 Å². The highest BCUT2D eigenvalue weighted by Gasteiger charge is 2.09.